The normalized spacial score (nSPS) is 15.1. The second-order valence-electron chi connectivity index (χ2n) is 7.36. The first-order valence-corrected chi connectivity index (χ1v) is 12.6. The zero-order valence-corrected chi connectivity index (χ0v) is 19.4. The van der Waals surface area contributed by atoms with Crippen LogP contribution in [0.4, 0.5) is 5.69 Å². The molecule has 0 unspecified atom stereocenters. The summed E-state index contributed by atoms with van der Waals surface area (Å²) in [6.07, 6.45) is 1.66. The van der Waals surface area contributed by atoms with E-state index in [1.54, 1.807) is 31.5 Å². The number of fused-ring (bicyclic) bond motifs is 1. The van der Waals surface area contributed by atoms with E-state index in [0.717, 1.165) is 5.69 Å². The van der Waals surface area contributed by atoms with Gasteiger partial charge in [0.2, 0.25) is 10.0 Å². The van der Waals surface area contributed by atoms with Gasteiger partial charge in [-0.05, 0) is 46.7 Å². The van der Waals surface area contributed by atoms with Crippen LogP contribution in [0.25, 0.3) is 11.0 Å². The first-order chi connectivity index (χ1) is 16.1. The summed E-state index contributed by atoms with van der Waals surface area (Å²) in [5.74, 6) is 0.611. The molecular formula is C22H21N5O4S2. The maximum absolute atomic E-state index is 13.5. The number of hydrogen-bond donors (Lipinski definition) is 0. The van der Waals surface area contributed by atoms with Crippen LogP contribution in [0.2, 0.25) is 0 Å². The van der Waals surface area contributed by atoms with Crippen LogP contribution in [0.3, 0.4) is 0 Å². The fourth-order valence-corrected chi connectivity index (χ4v) is 6.27. The fourth-order valence-electron chi connectivity index (χ4n) is 3.79. The molecule has 0 aliphatic carbocycles. The van der Waals surface area contributed by atoms with E-state index in [1.165, 1.54) is 16.1 Å². The van der Waals surface area contributed by atoms with Gasteiger partial charge in [-0.1, -0.05) is 30.0 Å². The van der Waals surface area contributed by atoms with E-state index in [1.807, 2.05) is 36.4 Å². The highest BCUT2D eigenvalue weighted by Crippen LogP contribution is 2.38. The van der Waals surface area contributed by atoms with Gasteiger partial charge in [0.15, 0.2) is 16.8 Å². The quantitative estimate of drug-likeness (QED) is 0.409. The van der Waals surface area contributed by atoms with Crippen molar-refractivity contribution in [3.8, 4) is 5.75 Å². The lowest BCUT2D eigenvalue weighted by atomic mass is 10.2. The second kappa shape index (κ2) is 9.00. The third-order valence-electron chi connectivity index (χ3n) is 5.48. The number of piperazine rings is 1. The molecule has 2 aromatic heterocycles. The molecule has 0 N–H and O–H groups in total. The van der Waals surface area contributed by atoms with Gasteiger partial charge >= 0.3 is 0 Å². The maximum atomic E-state index is 13.5. The van der Waals surface area contributed by atoms with E-state index in [4.69, 9.17) is 9.37 Å². The molecule has 33 heavy (non-hydrogen) atoms. The van der Waals surface area contributed by atoms with Crippen LogP contribution >= 0.6 is 11.8 Å². The Morgan fingerprint density at radius 2 is 1.70 bits per heavy atom. The Morgan fingerprint density at radius 1 is 0.939 bits per heavy atom. The molecule has 2 aromatic carbocycles. The zero-order valence-electron chi connectivity index (χ0n) is 17.8. The van der Waals surface area contributed by atoms with Crippen molar-refractivity contribution < 1.29 is 17.8 Å². The molecule has 3 heterocycles. The molecule has 4 aromatic rings. The van der Waals surface area contributed by atoms with Crippen molar-refractivity contribution in [3.63, 3.8) is 0 Å². The molecule has 1 saturated heterocycles. The van der Waals surface area contributed by atoms with Crippen LogP contribution in [-0.4, -0.2) is 61.3 Å². The number of nitrogens with zero attached hydrogens (tertiary/aromatic N) is 5. The van der Waals surface area contributed by atoms with Gasteiger partial charge in [0, 0.05) is 43.0 Å². The van der Waals surface area contributed by atoms with Crippen molar-refractivity contribution in [3.05, 3.63) is 60.8 Å². The highest BCUT2D eigenvalue weighted by molar-refractivity contribution is 7.99. The van der Waals surface area contributed by atoms with Crippen LogP contribution in [0.15, 0.2) is 80.2 Å². The molecular weight excluding hydrogens is 462 g/mol. The molecule has 1 aliphatic heterocycles. The first kappa shape index (κ1) is 21.7. The number of aromatic nitrogens is 3. The third-order valence-corrected chi connectivity index (χ3v) is 8.46. The molecule has 9 nitrogen and oxygen atoms in total. The van der Waals surface area contributed by atoms with Gasteiger partial charge < -0.3 is 9.64 Å². The molecule has 1 aliphatic rings. The highest BCUT2D eigenvalue weighted by Gasteiger charge is 2.32. The summed E-state index contributed by atoms with van der Waals surface area (Å²) < 4.78 is 38.7. The van der Waals surface area contributed by atoms with E-state index in [2.05, 4.69) is 20.2 Å². The van der Waals surface area contributed by atoms with Crippen LogP contribution < -0.4 is 9.64 Å². The van der Waals surface area contributed by atoms with Crippen molar-refractivity contribution in [1.82, 2.24) is 19.6 Å². The van der Waals surface area contributed by atoms with Gasteiger partial charge in [-0.2, -0.15) is 4.31 Å². The highest BCUT2D eigenvalue weighted by atomic mass is 32.2. The van der Waals surface area contributed by atoms with Crippen LogP contribution in [0.1, 0.15) is 0 Å². The molecule has 0 spiro atoms. The number of rotatable bonds is 6. The van der Waals surface area contributed by atoms with E-state index in [9.17, 15) is 8.42 Å². The predicted octanol–water partition coefficient (Wildman–Crippen LogP) is 3.29. The molecule has 1 fully saturated rings. The summed E-state index contributed by atoms with van der Waals surface area (Å²) in [4.78, 5) is 7.28. The lowest BCUT2D eigenvalue weighted by Gasteiger charge is -2.35. The molecule has 0 bridgehead atoms. The van der Waals surface area contributed by atoms with E-state index in [-0.39, 0.29) is 10.4 Å². The number of pyridine rings is 1. The minimum absolute atomic E-state index is 0.0873. The van der Waals surface area contributed by atoms with Gasteiger partial charge in [-0.25, -0.2) is 18.0 Å². The van der Waals surface area contributed by atoms with Crippen LogP contribution in [0, 0.1) is 0 Å². The van der Waals surface area contributed by atoms with Gasteiger partial charge in [-0.15, -0.1) is 0 Å². The first-order valence-electron chi connectivity index (χ1n) is 10.3. The standard InChI is InChI=1S/C22H21N5O4S2/c1-30-17-8-5-11-23-22(17)32-18-9-10-19(21-20(18)24-31-25-21)33(28,29)27-14-12-26(13-15-27)16-6-3-2-4-7-16/h2-11H,12-15H2,1H3. The fraction of sp³-hybridized carbons (Fsp3) is 0.227. The predicted molar refractivity (Wildman–Crippen MR) is 124 cm³/mol. The van der Waals surface area contributed by atoms with Crippen molar-refractivity contribution in [2.45, 2.75) is 14.8 Å². The average molecular weight is 484 g/mol. The summed E-state index contributed by atoms with van der Waals surface area (Å²) >= 11 is 1.31. The summed E-state index contributed by atoms with van der Waals surface area (Å²) in [6.45, 7) is 1.98. The number of methoxy groups -OCH3 is 1. The zero-order chi connectivity index (χ0) is 22.8. The van der Waals surface area contributed by atoms with Gasteiger partial charge in [0.05, 0.1) is 7.11 Å². The second-order valence-corrected chi connectivity index (χ2v) is 10.3. The summed E-state index contributed by atoms with van der Waals surface area (Å²) in [5, 5.41) is 8.53. The van der Waals surface area contributed by atoms with Crippen molar-refractivity contribution in [1.29, 1.82) is 0 Å². The third kappa shape index (κ3) is 4.14. The summed E-state index contributed by atoms with van der Waals surface area (Å²) in [6, 6.07) is 16.8. The number of ether oxygens (including phenoxy) is 1. The molecule has 0 radical (unpaired) electrons. The van der Waals surface area contributed by atoms with Crippen LogP contribution in [0.5, 0.6) is 5.75 Å². The number of para-hydroxylation sites is 1. The summed E-state index contributed by atoms with van der Waals surface area (Å²) in [5.41, 5.74) is 1.67. The van der Waals surface area contributed by atoms with Crippen LogP contribution in [-0.2, 0) is 10.0 Å². The Balaban J connectivity index is 1.41. The Kier molecular flexibility index (Phi) is 5.92. The molecule has 170 valence electrons. The number of anilines is 1. The van der Waals surface area contributed by atoms with Crippen molar-refractivity contribution in [2.75, 3.05) is 38.2 Å². The van der Waals surface area contributed by atoms with Gasteiger partial charge in [0.1, 0.15) is 9.92 Å². The van der Waals surface area contributed by atoms with Crippen molar-refractivity contribution >= 4 is 38.5 Å². The lowest BCUT2D eigenvalue weighted by Crippen LogP contribution is -2.48. The van der Waals surface area contributed by atoms with Gasteiger partial charge in [0.25, 0.3) is 0 Å². The molecule has 0 saturated carbocycles. The number of sulfonamides is 1. The molecule has 11 heteroatoms. The molecule has 0 amide bonds. The van der Waals surface area contributed by atoms with E-state index < -0.39 is 10.0 Å². The summed E-state index contributed by atoms with van der Waals surface area (Å²) in [7, 11) is -2.20. The topological polar surface area (TPSA) is 102 Å². The Morgan fingerprint density at radius 3 is 2.45 bits per heavy atom. The lowest BCUT2D eigenvalue weighted by molar-refractivity contribution is 0.314. The van der Waals surface area contributed by atoms with E-state index in [0.29, 0.717) is 47.4 Å². The monoisotopic (exact) mass is 483 g/mol. The maximum Gasteiger partial charge on any atom is 0.245 e. The Hall–Kier alpha value is -3.15. The molecule has 5 rings (SSSR count). The van der Waals surface area contributed by atoms with Crippen molar-refractivity contribution in [2.24, 2.45) is 0 Å². The largest absolute Gasteiger partial charge is 0.494 e. The van der Waals surface area contributed by atoms with E-state index >= 15 is 0 Å². The smallest absolute Gasteiger partial charge is 0.245 e. The molecule has 0 atom stereocenters. The average Bonchev–Trinajstić information content (AvgIpc) is 3.35. The van der Waals surface area contributed by atoms with Gasteiger partial charge in [-0.3, -0.25) is 0 Å². The number of benzene rings is 2. The minimum atomic E-state index is -3.77. The SMILES string of the molecule is COc1cccnc1Sc1ccc(S(=O)(=O)N2CCN(c3ccccc3)CC2)c2nonc12. The number of hydrogen-bond acceptors (Lipinski definition) is 9. The Labute approximate surface area is 195 Å². The Bertz CT molecular complexity index is 1370. The minimum Gasteiger partial charge on any atom is -0.494 e.